The van der Waals surface area contributed by atoms with Gasteiger partial charge in [-0.3, -0.25) is 4.90 Å². The van der Waals surface area contributed by atoms with Gasteiger partial charge in [-0.1, -0.05) is 6.92 Å². The fourth-order valence-electron chi connectivity index (χ4n) is 5.90. The molecule has 31 heavy (non-hydrogen) atoms. The molecule has 0 bridgehead atoms. The van der Waals surface area contributed by atoms with Crippen molar-refractivity contribution in [3.63, 3.8) is 0 Å². The average molecular weight is 422 g/mol. The Kier molecular flexibility index (Phi) is 4.89. The lowest BCUT2D eigenvalue weighted by molar-refractivity contribution is 0.111. The number of methoxy groups -OCH3 is 4. The van der Waals surface area contributed by atoms with Gasteiger partial charge in [0.2, 0.25) is 0 Å². The Hall–Kier alpha value is -2.66. The van der Waals surface area contributed by atoms with E-state index in [2.05, 4.69) is 36.1 Å². The molecule has 0 aromatic heterocycles. The highest BCUT2D eigenvalue weighted by molar-refractivity contribution is 6.13. The number of ether oxygens (including phenoxy) is 4. The molecule has 2 heterocycles. The first-order valence-electron chi connectivity index (χ1n) is 11.1. The average Bonchev–Trinajstić information content (AvgIpc) is 3.24. The second kappa shape index (κ2) is 7.49. The number of hydrogen-bond donors (Lipinski definition) is 0. The van der Waals surface area contributed by atoms with Crippen LogP contribution in [0.4, 0.5) is 0 Å². The molecule has 5 rings (SSSR count). The Balaban J connectivity index is 1.91. The minimum Gasteiger partial charge on any atom is -0.493 e. The lowest BCUT2D eigenvalue weighted by Gasteiger charge is -2.44. The largest absolute Gasteiger partial charge is 0.493 e. The van der Waals surface area contributed by atoms with E-state index in [1.165, 1.54) is 53.1 Å². The molecule has 0 saturated carbocycles. The van der Waals surface area contributed by atoms with Gasteiger partial charge in [0.05, 0.1) is 28.4 Å². The quantitative estimate of drug-likeness (QED) is 0.521. The van der Waals surface area contributed by atoms with E-state index in [4.69, 9.17) is 18.9 Å². The summed E-state index contributed by atoms with van der Waals surface area (Å²) in [5.74, 6) is 3.03. The van der Waals surface area contributed by atoms with Crippen molar-refractivity contribution in [2.75, 3.05) is 35.0 Å². The lowest BCUT2D eigenvalue weighted by atomic mass is 9.77. The molecule has 164 valence electrons. The van der Waals surface area contributed by atoms with Crippen LogP contribution < -0.4 is 18.9 Å². The SMILES string of the molecule is CC[C@@]12CCCN1Cc1c(c3cc(OC)c(OC)cc3c3cc(OC)c(OC)cc13)C2. The summed E-state index contributed by atoms with van der Waals surface area (Å²) in [6, 6.07) is 8.53. The van der Waals surface area contributed by atoms with Crippen molar-refractivity contribution < 1.29 is 18.9 Å². The van der Waals surface area contributed by atoms with Gasteiger partial charge in [0.15, 0.2) is 23.0 Å². The van der Waals surface area contributed by atoms with E-state index in [0.29, 0.717) is 0 Å². The van der Waals surface area contributed by atoms with Gasteiger partial charge in [-0.15, -0.1) is 0 Å². The monoisotopic (exact) mass is 421 g/mol. The van der Waals surface area contributed by atoms with Crippen LogP contribution in [0.5, 0.6) is 23.0 Å². The van der Waals surface area contributed by atoms with Gasteiger partial charge in [0.25, 0.3) is 0 Å². The molecule has 0 unspecified atom stereocenters. The van der Waals surface area contributed by atoms with Crippen molar-refractivity contribution in [3.8, 4) is 23.0 Å². The molecule has 0 aliphatic carbocycles. The molecule has 3 aromatic carbocycles. The van der Waals surface area contributed by atoms with Crippen LogP contribution in [0.25, 0.3) is 21.5 Å². The molecular formula is C26H31NO4. The van der Waals surface area contributed by atoms with Gasteiger partial charge in [0, 0.05) is 12.1 Å². The maximum atomic E-state index is 5.69. The fourth-order valence-corrected chi connectivity index (χ4v) is 5.90. The highest BCUT2D eigenvalue weighted by Gasteiger charge is 2.43. The standard InChI is InChI=1S/C26H31NO4/c1-6-26-8-7-9-27(26)15-21-19-13-25(31-5)23(29-3)11-17(19)16-10-22(28-2)24(30-4)12-18(16)20(21)14-26/h10-13H,6-9,14-15H2,1-5H3/t26-/m0/s1. The third kappa shape index (κ3) is 2.86. The number of fused-ring (bicyclic) bond motifs is 7. The maximum Gasteiger partial charge on any atom is 0.161 e. The summed E-state index contributed by atoms with van der Waals surface area (Å²) in [5, 5.41) is 4.83. The number of benzene rings is 3. The lowest BCUT2D eigenvalue weighted by Crippen LogP contribution is -2.48. The Morgan fingerprint density at radius 3 is 1.71 bits per heavy atom. The predicted octanol–water partition coefficient (Wildman–Crippen LogP) is 5.33. The molecule has 0 radical (unpaired) electrons. The van der Waals surface area contributed by atoms with Crippen molar-refractivity contribution in [2.24, 2.45) is 0 Å². The Bertz CT molecular complexity index is 1170. The topological polar surface area (TPSA) is 40.2 Å². The zero-order valence-corrected chi connectivity index (χ0v) is 19.1. The summed E-state index contributed by atoms with van der Waals surface area (Å²) >= 11 is 0. The zero-order chi connectivity index (χ0) is 21.8. The summed E-state index contributed by atoms with van der Waals surface area (Å²) in [7, 11) is 6.79. The third-order valence-electron chi connectivity index (χ3n) is 7.61. The highest BCUT2D eigenvalue weighted by Crippen LogP contribution is 2.49. The molecule has 1 atom stereocenters. The van der Waals surface area contributed by atoms with Crippen LogP contribution in [0.2, 0.25) is 0 Å². The van der Waals surface area contributed by atoms with E-state index in [1.807, 2.05) is 0 Å². The van der Waals surface area contributed by atoms with Gasteiger partial charge in [-0.05, 0) is 89.2 Å². The number of hydrogen-bond acceptors (Lipinski definition) is 5. The Morgan fingerprint density at radius 2 is 1.23 bits per heavy atom. The third-order valence-corrected chi connectivity index (χ3v) is 7.61. The minimum absolute atomic E-state index is 0.261. The van der Waals surface area contributed by atoms with E-state index in [0.717, 1.165) is 41.3 Å². The minimum atomic E-state index is 0.261. The Morgan fingerprint density at radius 1 is 0.742 bits per heavy atom. The second-order valence-corrected chi connectivity index (χ2v) is 8.74. The number of nitrogens with zero attached hydrogens (tertiary/aromatic N) is 1. The molecular weight excluding hydrogens is 390 g/mol. The Labute approximate surface area is 183 Å². The van der Waals surface area contributed by atoms with Crippen LogP contribution >= 0.6 is 0 Å². The van der Waals surface area contributed by atoms with E-state index >= 15 is 0 Å². The van der Waals surface area contributed by atoms with Crippen LogP contribution in [0.3, 0.4) is 0 Å². The second-order valence-electron chi connectivity index (χ2n) is 8.74. The van der Waals surface area contributed by atoms with E-state index in [9.17, 15) is 0 Å². The summed E-state index contributed by atoms with van der Waals surface area (Å²) < 4.78 is 22.7. The molecule has 0 amide bonds. The van der Waals surface area contributed by atoms with Crippen LogP contribution in [-0.4, -0.2) is 45.4 Å². The van der Waals surface area contributed by atoms with Crippen molar-refractivity contribution in [1.29, 1.82) is 0 Å². The van der Waals surface area contributed by atoms with E-state index in [1.54, 1.807) is 28.4 Å². The molecule has 2 aliphatic heterocycles. The normalized spacial score (nSPS) is 20.5. The first-order chi connectivity index (χ1) is 15.1. The first kappa shape index (κ1) is 20.3. The van der Waals surface area contributed by atoms with Crippen LogP contribution in [0.15, 0.2) is 24.3 Å². The summed E-state index contributed by atoms with van der Waals surface area (Å²) in [4.78, 5) is 2.71. The smallest absolute Gasteiger partial charge is 0.161 e. The molecule has 1 saturated heterocycles. The van der Waals surface area contributed by atoms with Gasteiger partial charge < -0.3 is 18.9 Å². The van der Waals surface area contributed by atoms with Gasteiger partial charge >= 0.3 is 0 Å². The van der Waals surface area contributed by atoms with Gasteiger partial charge in [-0.25, -0.2) is 0 Å². The number of rotatable bonds is 5. The van der Waals surface area contributed by atoms with E-state index in [-0.39, 0.29) is 5.54 Å². The van der Waals surface area contributed by atoms with Crippen LogP contribution in [0.1, 0.15) is 37.3 Å². The van der Waals surface area contributed by atoms with Gasteiger partial charge in [0.1, 0.15) is 0 Å². The molecule has 1 fully saturated rings. The molecule has 0 spiro atoms. The highest BCUT2D eigenvalue weighted by atomic mass is 16.5. The van der Waals surface area contributed by atoms with Crippen molar-refractivity contribution in [2.45, 2.75) is 44.7 Å². The van der Waals surface area contributed by atoms with Crippen molar-refractivity contribution in [3.05, 3.63) is 35.4 Å². The summed E-state index contributed by atoms with van der Waals surface area (Å²) in [6.45, 7) is 4.48. The van der Waals surface area contributed by atoms with Crippen LogP contribution in [-0.2, 0) is 13.0 Å². The maximum absolute atomic E-state index is 5.69. The molecule has 5 nitrogen and oxygen atoms in total. The fraction of sp³-hybridized carbons (Fsp3) is 0.462. The van der Waals surface area contributed by atoms with Gasteiger partial charge in [-0.2, -0.15) is 0 Å². The molecule has 3 aromatic rings. The summed E-state index contributed by atoms with van der Waals surface area (Å²) in [6.07, 6.45) is 4.77. The predicted molar refractivity (Wildman–Crippen MR) is 124 cm³/mol. The summed E-state index contributed by atoms with van der Waals surface area (Å²) in [5.41, 5.74) is 3.11. The van der Waals surface area contributed by atoms with Crippen LogP contribution in [0, 0.1) is 0 Å². The molecule has 5 heteroatoms. The first-order valence-corrected chi connectivity index (χ1v) is 11.1. The molecule has 2 aliphatic rings. The zero-order valence-electron chi connectivity index (χ0n) is 19.1. The van der Waals surface area contributed by atoms with E-state index < -0.39 is 0 Å². The van der Waals surface area contributed by atoms with Crippen molar-refractivity contribution >= 4 is 21.5 Å². The molecule has 0 N–H and O–H groups in total. The van der Waals surface area contributed by atoms with Crippen molar-refractivity contribution in [1.82, 2.24) is 4.90 Å².